The number of carbonyl (C=O) groups excluding carboxylic acids is 1. The molecule has 4 nitrogen and oxygen atoms in total. The minimum Gasteiger partial charge on any atom is -0.334 e. The van der Waals surface area contributed by atoms with E-state index in [0.29, 0.717) is 11.7 Å². The number of hydrogen-bond donors (Lipinski definition) is 0. The Bertz CT molecular complexity index is 605. The quantitative estimate of drug-likeness (QED) is 0.845. The van der Waals surface area contributed by atoms with Crippen LogP contribution in [0.5, 0.6) is 0 Å². The van der Waals surface area contributed by atoms with E-state index in [9.17, 15) is 4.79 Å². The fourth-order valence-corrected chi connectivity index (χ4v) is 3.86. The van der Waals surface area contributed by atoms with Crippen LogP contribution >= 0.6 is 11.3 Å². The van der Waals surface area contributed by atoms with E-state index < -0.39 is 0 Å². The number of thiophene rings is 1. The largest absolute Gasteiger partial charge is 0.334 e. The highest BCUT2D eigenvalue weighted by atomic mass is 32.1. The average Bonchev–Trinajstić information content (AvgIpc) is 3.24. The maximum atomic E-state index is 12.8. The lowest BCUT2D eigenvalue weighted by Crippen LogP contribution is -2.44. The van der Waals surface area contributed by atoms with Crippen LogP contribution in [0, 0.1) is 0 Å². The van der Waals surface area contributed by atoms with Crippen LogP contribution < -0.4 is 0 Å². The van der Waals surface area contributed by atoms with Gasteiger partial charge in [0.25, 0.3) is 5.91 Å². The molecule has 3 rings (SSSR count). The third-order valence-corrected chi connectivity index (χ3v) is 5.31. The molecule has 1 amide bonds. The lowest BCUT2D eigenvalue weighted by molar-refractivity contribution is 0.0595. The number of aromatic nitrogens is 2. The molecule has 1 saturated heterocycles. The normalized spacial score (nSPS) is 18.6. The summed E-state index contributed by atoms with van der Waals surface area (Å²) in [5.74, 6) is 0.100. The van der Waals surface area contributed by atoms with Gasteiger partial charge in [0.05, 0.1) is 0 Å². The summed E-state index contributed by atoms with van der Waals surface area (Å²) < 4.78 is 1.82. The maximum Gasteiger partial charge on any atom is 0.274 e. The van der Waals surface area contributed by atoms with Crippen LogP contribution in [0.25, 0.3) is 0 Å². The van der Waals surface area contributed by atoms with Crippen molar-refractivity contribution in [1.82, 2.24) is 14.7 Å². The summed E-state index contributed by atoms with van der Waals surface area (Å²) in [6, 6.07) is 6.48. The minimum absolute atomic E-state index is 0.100. The fraction of sp³-hybridized carbons (Fsp3) is 0.529. The summed E-state index contributed by atoms with van der Waals surface area (Å²) in [6.45, 7) is 3.70. The number of aryl methyl sites for hydroxylation is 2. The molecule has 0 saturated carbocycles. The van der Waals surface area contributed by atoms with E-state index in [-0.39, 0.29) is 5.91 Å². The molecule has 1 atom stereocenters. The van der Waals surface area contributed by atoms with Crippen molar-refractivity contribution in [2.75, 3.05) is 6.54 Å². The van der Waals surface area contributed by atoms with Crippen molar-refractivity contribution in [2.45, 2.75) is 51.6 Å². The Balaban J connectivity index is 1.67. The maximum absolute atomic E-state index is 12.8. The highest BCUT2D eigenvalue weighted by molar-refractivity contribution is 7.09. The third kappa shape index (κ3) is 3.40. The highest BCUT2D eigenvalue weighted by Gasteiger charge is 2.28. The molecule has 5 heteroatoms. The van der Waals surface area contributed by atoms with Crippen molar-refractivity contribution in [3.05, 3.63) is 40.3 Å². The van der Waals surface area contributed by atoms with E-state index in [0.717, 1.165) is 38.8 Å². The van der Waals surface area contributed by atoms with Crippen LogP contribution in [0.3, 0.4) is 0 Å². The monoisotopic (exact) mass is 317 g/mol. The molecular weight excluding hydrogens is 294 g/mol. The molecule has 0 aromatic carbocycles. The van der Waals surface area contributed by atoms with Gasteiger partial charge in [-0.25, -0.2) is 0 Å². The third-order valence-electron chi connectivity index (χ3n) is 4.38. The van der Waals surface area contributed by atoms with Gasteiger partial charge in [-0.3, -0.25) is 9.48 Å². The van der Waals surface area contributed by atoms with Gasteiger partial charge in [-0.1, -0.05) is 6.07 Å². The van der Waals surface area contributed by atoms with E-state index in [1.807, 2.05) is 23.9 Å². The van der Waals surface area contributed by atoms with E-state index in [1.54, 1.807) is 11.3 Å². The number of amides is 1. The van der Waals surface area contributed by atoms with Crippen LogP contribution in [0.1, 0.15) is 48.0 Å². The Morgan fingerprint density at radius 1 is 1.41 bits per heavy atom. The molecule has 0 bridgehead atoms. The number of rotatable bonds is 5. The Hall–Kier alpha value is -1.62. The lowest BCUT2D eigenvalue weighted by atomic mass is 9.97. The van der Waals surface area contributed by atoms with Gasteiger partial charge in [0, 0.05) is 30.2 Å². The first-order chi connectivity index (χ1) is 10.8. The van der Waals surface area contributed by atoms with Crippen molar-refractivity contribution in [3.8, 4) is 0 Å². The molecule has 1 fully saturated rings. The van der Waals surface area contributed by atoms with Gasteiger partial charge in [-0.05, 0) is 56.5 Å². The van der Waals surface area contributed by atoms with E-state index in [4.69, 9.17) is 0 Å². The van der Waals surface area contributed by atoms with E-state index in [1.165, 1.54) is 11.3 Å². The molecule has 2 aromatic rings. The van der Waals surface area contributed by atoms with Crippen molar-refractivity contribution in [3.63, 3.8) is 0 Å². The van der Waals surface area contributed by atoms with Crippen LogP contribution in [0.2, 0.25) is 0 Å². The molecule has 0 aliphatic carbocycles. The molecule has 22 heavy (non-hydrogen) atoms. The van der Waals surface area contributed by atoms with Crippen molar-refractivity contribution < 1.29 is 4.79 Å². The summed E-state index contributed by atoms with van der Waals surface area (Å²) in [6.07, 6.45) is 7.46. The summed E-state index contributed by atoms with van der Waals surface area (Å²) in [5, 5.41) is 6.50. The van der Waals surface area contributed by atoms with Crippen LogP contribution in [0.15, 0.2) is 29.8 Å². The minimum atomic E-state index is 0.100. The standard InChI is InChI=1S/C17H23N3OS/c1-2-19-12-10-16(18-19)17(21)20-11-4-3-6-14(20)8-9-15-7-5-13-22-15/h5,7,10,12-14H,2-4,6,8-9,11H2,1H3/t14-/m0/s1. The summed E-state index contributed by atoms with van der Waals surface area (Å²) in [4.78, 5) is 16.2. The first kappa shape index (κ1) is 15.3. The second-order valence-corrected chi connectivity index (χ2v) is 6.86. The van der Waals surface area contributed by atoms with Crippen molar-refractivity contribution in [1.29, 1.82) is 0 Å². The van der Waals surface area contributed by atoms with Crippen molar-refractivity contribution in [2.24, 2.45) is 0 Å². The average molecular weight is 317 g/mol. The first-order valence-corrected chi connectivity index (χ1v) is 9.02. The number of piperidine rings is 1. The van der Waals surface area contributed by atoms with Crippen molar-refractivity contribution >= 4 is 17.2 Å². The predicted molar refractivity (Wildman–Crippen MR) is 89.2 cm³/mol. The zero-order valence-electron chi connectivity index (χ0n) is 13.1. The molecule has 3 heterocycles. The second kappa shape index (κ2) is 7.09. The van der Waals surface area contributed by atoms with Crippen LogP contribution in [0.4, 0.5) is 0 Å². The molecular formula is C17H23N3OS. The molecule has 0 unspecified atom stereocenters. The molecule has 1 aliphatic rings. The highest BCUT2D eigenvalue weighted by Crippen LogP contribution is 2.24. The van der Waals surface area contributed by atoms with Gasteiger partial charge >= 0.3 is 0 Å². The molecule has 2 aromatic heterocycles. The smallest absolute Gasteiger partial charge is 0.274 e. The summed E-state index contributed by atoms with van der Waals surface area (Å²) in [7, 11) is 0. The Kier molecular flexibility index (Phi) is 4.93. The van der Waals surface area contributed by atoms with Gasteiger partial charge in [0.2, 0.25) is 0 Å². The zero-order valence-corrected chi connectivity index (χ0v) is 13.9. The zero-order chi connectivity index (χ0) is 15.4. The van der Waals surface area contributed by atoms with Crippen LogP contribution in [-0.4, -0.2) is 33.2 Å². The number of hydrogen-bond acceptors (Lipinski definition) is 3. The second-order valence-electron chi connectivity index (χ2n) is 5.82. The van der Waals surface area contributed by atoms with Gasteiger partial charge in [-0.15, -0.1) is 11.3 Å². The summed E-state index contributed by atoms with van der Waals surface area (Å²) >= 11 is 1.80. The van der Waals surface area contributed by atoms with Gasteiger partial charge in [0.1, 0.15) is 5.69 Å². The van der Waals surface area contributed by atoms with Gasteiger partial charge in [-0.2, -0.15) is 5.10 Å². The Labute approximate surface area is 135 Å². The Morgan fingerprint density at radius 2 is 2.32 bits per heavy atom. The molecule has 0 radical (unpaired) electrons. The number of nitrogens with zero attached hydrogens (tertiary/aromatic N) is 3. The molecule has 118 valence electrons. The SMILES string of the molecule is CCn1ccc(C(=O)N2CCCC[C@H]2CCc2cccs2)n1. The summed E-state index contributed by atoms with van der Waals surface area (Å²) in [5.41, 5.74) is 0.588. The number of likely N-dealkylation sites (tertiary alicyclic amines) is 1. The molecule has 1 aliphatic heterocycles. The predicted octanol–water partition coefficient (Wildman–Crippen LogP) is 3.59. The molecule has 0 spiro atoms. The molecule has 0 N–H and O–H groups in total. The number of carbonyl (C=O) groups is 1. The van der Waals surface area contributed by atoms with Crippen LogP contribution in [-0.2, 0) is 13.0 Å². The fourth-order valence-electron chi connectivity index (χ4n) is 3.13. The Morgan fingerprint density at radius 3 is 3.05 bits per heavy atom. The topological polar surface area (TPSA) is 38.1 Å². The van der Waals surface area contributed by atoms with Gasteiger partial charge in [0.15, 0.2) is 0 Å². The first-order valence-electron chi connectivity index (χ1n) is 8.14. The van der Waals surface area contributed by atoms with E-state index >= 15 is 0 Å². The van der Waals surface area contributed by atoms with E-state index in [2.05, 4.69) is 27.5 Å². The lowest BCUT2D eigenvalue weighted by Gasteiger charge is -2.35. The van der Waals surface area contributed by atoms with Gasteiger partial charge < -0.3 is 4.90 Å².